The Kier molecular flexibility index (Phi) is 3.44. The molecule has 0 aliphatic heterocycles. The van der Waals surface area contributed by atoms with Gasteiger partial charge in [-0.05, 0) is 19.9 Å². The Labute approximate surface area is 101 Å². The van der Waals surface area contributed by atoms with Crippen molar-refractivity contribution < 1.29 is 5.11 Å². The number of para-hydroxylation sites is 1. The monoisotopic (exact) mass is 231 g/mol. The van der Waals surface area contributed by atoms with E-state index in [9.17, 15) is 5.11 Å². The first-order valence-corrected chi connectivity index (χ1v) is 5.65. The zero-order valence-corrected chi connectivity index (χ0v) is 10.1. The van der Waals surface area contributed by atoms with Gasteiger partial charge in [0, 0.05) is 29.1 Å². The van der Waals surface area contributed by atoms with E-state index in [0.29, 0.717) is 6.54 Å². The quantitative estimate of drug-likeness (QED) is 0.755. The summed E-state index contributed by atoms with van der Waals surface area (Å²) in [4.78, 5) is 0. The first kappa shape index (κ1) is 11.7. The third-order valence-electron chi connectivity index (χ3n) is 2.92. The molecule has 1 heterocycles. The van der Waals surface area contributed by atoms with E-state index in [1.54, 1.807) is 0 Å². The van der Waals surface area contributed by atoms with Crippen LogP contribution in [-0.2, 0) is 13.2 Å². The van der Waals surface area contributed by atoms with Gasteiger partial charge >= 0.3 is 0 Å². The summed E-state index contributed by atoms with van der Waals surface area (Å²) in [6, 6.07) is 7.76. The number of hydrogen-bond donors (Lipinski definition) is 3. The number of aromatic amines is 1. The van der Waals surface area contributed by atoms with Gasteiger partial charge in [-0.25, -0.2) is 0 Å². The summed E-state index contributed by atoms with van der Waals surface area (Å²) in [5.74, 6) is 0. The number of aryl methyl sites for hydroxylation is 2. The van der Waals surface area contributed by atoms with Crippen molar-refractivity contribution in [2.24, 2.45) is 0 Å². The third-order valence-corrected chi connectivity index (χ3v) is 2.92. The van der Waals surface area contributed by atoms with Crippen LogP contribution >= 0.6 is 0 Å². The van der Waals surface area contributed by atoms with Crippen LogP contribution in [0.25, 0.3) is 0 Å². The third kappa shape index (κ3) is 2.47. The SMILES string of the molecule is Cc1n[nH]c(C)c1CNc1ccccc1CO. The topological polar surface area (TPSA) is 60.9 Å². The molecule has 1 aromatic heterocycles. The second-order valence-electron chi connectivity index (χ2n) is 4.08. The van der Waals surface area contributed by atoms with Gasteiger partial charge in [0.05, 0.1) is 12.3 Å². The van der Waals surface area contributed by atoms with Crippen LogP contribution in [-0.4, -0.2) is 15.3 Å². The van der Waals surface area contributed by atoms with E-state index in [-0.39, 0.29) is 6.61 Å². The van der Waals surface area contributed by atoms with Gasteiger partial charge in [-0.2, -0.15) is 5.10 Å². The van der Waals surface area contributed by atoms with E-state index in [4.69, 9.17) is 0 Å². The Morgan fingerprint density at radius 2 is 2.06 bits per heavy atom. The number of aliphatic hydroxyl groups is 1. The minimum absolute atomic E-state index is 0.0481. The minimum atomic E-state index is 0.0481. The molecule has 0 fully saturated rings. The molecule has 0 bridgehead atoms. The standard InChI is InChI=1S/C13H17N3O/c1-9-12(10(2)16-15-9)7-14-13-6-4-3-5-11(13)8-17/h3-6,14,17H,7-8H2,1-2H3,(H,15,16). The predicted molar refractivity (Wildman–Crippen MR) is 67.8 cm³/mol. The Morgan fingerprint density at radius 1 is 1.29 bits per heavy atom. The average Bonchev–Trinajstić information content (AvgIpc) is 2.67. The molecular formula is C13H17N3O. The van der Waals surface area contributed by atoms with Gasteiger partial charge < -0.3 is 10.4 Å². The van der Waals surface area contributed by atoms with Crippen molar-refractivity contribution in [3.05, 3.63) is 46.8 Å². The van der Waals surface area contributed by atoms with Gasteiger partial charge in [-0.15, -0.1) is 0 Å². The molecule has 90 valence electrons. The number of benzene rings is 1. The van der Waals surface area contributed by atoms with Crippen LogP contribution in [0.1, 0.15) is 22.5 Å². The van der Waals surface area contributed by atoms with Gasteiger partial charge in [0.1, 0.15) is 0 Å². The molecule has 4 nitrogen and oxygen atoms in total. The Morgan fingerprint density at radius 3 is 2.71 bits per heavy atom. The molecule has 0 spiro atoms. The number of H-pyrrole nitrogens is 1. The van der Waals surface area contributed by atoms with Crippen molar-refractivity contribution in [3.8, 4) is 0 Å². The molecule has 0 aliphatic carbocycles. The zero-order chi connectivity index (χ0) is 12.3. The van der Waals surface area contributed by atoms with Crippen molar-refractivity contribution >= 4 is 5.69 Å². The average molecular weight is 231 g/mol. The Balaban J connectivity index is 2.12. The molecule has 0 unspecified atom stereocenters. The van der Waals surface area contributed by atoms with Crippen LogP contribution in [0.4, 0.5) is 5.69 Å². The van der Waals surface area contributed by atoms with Crippen molar-refractivity contribution in [3.63, 3.8) is 0 Å². The highest BCUT2D eigenvalue weighted by atomic mass is 16.3. The first-order valence-electron chi connectivity index (χ1n) is 5.65. The molecular weight excluding hydrogens is 214 g/mol. The largest absolute Gasteiger partial charge is 0.392 e. The lowest BCUT2D eigenvalue weighted by atomic mass is 10.1. The number of nitrogens with one attached hydrogen (secondary N) is 2. The van der Waals surface area contributed by atoms with E-state index in [2.05, 4.69) is 15.5 Å². The molecule has 4 heteroatoms. The van der Waals surface area contributed by atoms with Crippen molar-refractivity contribution in [2.45, 2.75) is 27.0 Å². The lowest BCUT2D eigenvalue weighted by Gasteiger charge is -2.10. The number of aliphatic hydroxyl groups excluding tert-OH is 1. The molecule has 0 saturated carbocycles. The second-order valence-corrected chi connectivity index (χ2v) is 4.08. The highest BCUT2D eigenvalue weighted by molar-refractivity contribution is 5.51. The van der Waals surface area contributed by atoms with E-state index < -0.39 is 0 Å². The molecule has 0 radical (unpaired) electrons. The molecule has 1 aromatic carbocycles. The number of anilines is 1. The lowest BCUT2D eigenvalue weighted by Crippen LogP contribution is -2.04. The lowest BCUT2D eigenvalue weighted by molar-refractivity contribution is 0.282. The fraction of sp³-hybridized carbons (Fsp3) is 0.308. The summed E-state index contributed by atoms with van der Waals surface area (Å²) in [6.45, 7) is 4.76. The van der Waals surface area contributed by atoms with E-state index in [0.717, 1.165) is 22.6 Å². The number of nitrogens with zero attached hydrogens (tertiary/aromatic N) is 1. The predicted octanol–water partition coefficient (Wildman–Crippen LogP) is 2.13. The molecule has 2 aromatic rings. The number of hydrogen-bond acceptors (Lipinski definition) is 3. The summed E-state index contributed by atoms with van der Waals surface area (Å²) in [5, 5.41) is 19.7. The molecule has 2 rings (SSSR count). The van der Waals surface area contributed by atoms with Crippen molar-refractivity contribution in [1.82, 2.24) is 10.2 Å². The highest BCUT2D eigenvalue weighted by Crippen LogP contribution is 2.17. The zero-order valence-electron chi connectivity index (χ0n) is 10.1. The summed E-state index contributed by atoms with van der Waals surface area (Å²) in [7, 11) is 0. The van der Waals surface area contributed by atoms with E-state index >= 15 is 0 Å². The highest BCUT2D eigenvalue weighted by Gasteiger charge is 2.06. The first-order chi connectivity index (χ1) is 8.22. The van der Waals surface area contributed by atoms with Crippen LogP contribution in [0.5, 0.6) is 0 Å². The molecule has 0 saturated heterocycles. The summed E-state index contributed by atoms with van der Waals surface area (Å²) >= 11 is 0. The molecule has 17 heavy (non-hydrogen) atoms. The van der Waals surface area contributed by atoms with Crippen molar-refractivity contribution in [2.75, 3.05) is 5.32 Å². The van der Waals surface area contributed by atoms with Crippen molar-refractivity contribution in [1.29, 1.82) is 0 Å². The smallest absolute Gasteiger partial charge is 0.0701 e. The summed E-state index contributed by atoms with van der Waals surface area (Å²) < 4.78 is 0. The summed E-state index contributed by atoms with van der Waals surface area (Å²) in [5.41, 5.74) is 5.15. The van der Waals surface area contributed by atoms with Gasteiger partial charge in [0.25, 0.3) is 0 Å². The maximum Gasteiger partial charge on any atom is 0.0701 e. The molecule has 0 atom stereocenters. The number of rotatable bonds is 4. The second kappa shape index (κ2) is 5.01. The van der Waals surface area contributed by atoms with Crippen LogP contribution in [0.2, 0.25) is 0 Å². The summed E-state index contributed by atoms with van der Waals surface area (Å²) in [6.07, 6.45) is 0. The minimum Gasteiger partial charge on any atom is -0.392 e. The van der Waals surface area contributed by atoms with Crippen LogP contribution in [0, 0.1) is 13.8 Å². The normalized spacial score (nSPS) is 10.5. The van der Waals surface area contributed by atoms with Gasteiger partial charge in [-0.1, -0.05) is 18.2 Å². The molecule has 0 amide bonds. The fourth-order valence-corrected chi connectivity index (χ4v) is 1.85. The van der Waals surface area contributed by atoms with E-state index in [1.807, 2.05) is 38.1 Å². The Bertz CT molecular complexity index is 486. The van der Waals surface area contributed by atoms with Gasteiger partial charge in [0.2, 0.25) is 0 Å². The van der Waals surface area contributed by atoms with Crippen LogP contribution in [0.15, 0.2) is 24.3 Å². The molecule has 3 N–H and O–H groups in total. The van der Waals surface area contributed by atoms with E-state index in [1.165, 1.54) is 5.56 Å². The molecule has 0 aliphatic rings. The van der Waals surface area contributed by atoms with Crippen LogP contribution < -0.4 is 5.32 Å². The maximum absolute atomic E-state index is 9.23. The Hall–Kier alpha value is -1.81. The van der Waals surface area contributed by atoms with Crippen LogP contribution in [0.3, 0.4) is 0 Å². The fourth-order valence-electron chi connectivity index (χ4n) is 1.85. The number of aromatic nitrogens is 2. The van der Waals surface area contributed by atoms with Gasteiger partial charge in [-0.3, -0.25) is 5.10 Å². The maximum atomic E-state index is 9.23. The van der Waals surface area contributed by atoms with Gasteiger partial charge in [0.15, 0.2) is 0 Å².